The predicted octanol–water partition coefficient (Wildman–Crippen LogP) is 5.87. The maximum Gasteiger partial charge on any atom is 0.306 e. The second kappa shape index (κ2) is 10.7. The van der Waals surface area contributed by atoms with Crippen LogP contribution in [0.5, 0.6) is 0 Å². The van der Waals surface area contributed by atoms with Crippen molar-refractivity contribution in [3.63, 3.8) is 0 Å². The highest BCUT2D eigenvalue weighted by Crippen LogP contribution is 2.46. The van der Waals surface area contributed by atoms with Crippen molar-refractivity contribution in [3.8, 4) is 0 Å². The molecule has 2 aromatic heterocycles. The standard InChI is InChI=1S/C28H32BrN5O2/c1-4-18(10-11-22(30)19-8-6-5-7-9-19)21-17-32-34-26(31)24(29)25(33-27(21)34)20-12-14-28(2,15-13-20)16-23(35)36-3/h4-11,17,20H,1,12-16,30-31H2,2-3H3/b18-10+,22-11-. The molecule has 1 aliphatic carbocycles. The van der Waals surface area contributed by atoms with Gasteiger partial charge in [0.2, 0.25) is 0 Å². The van der Waals surface area contributed by atoms with E-state index in [1.54, 1.807) is 16.8 Å². The van der Waals surface area contributed by atoms with Crippen LogP contribution in [0, 0.1) is 5.41 Å². The van der Waals surface area contributed by atoms with Gasteiger partial charge in [-0.05, 0) is 64.2 Å². The Morgan fingerprint density at radius 1 is 1.28 bits per heavy atom. The van der Waals surface area contributed by atoms with Gasteiger partial charge in [-0.2, -0.15) is 9.61 Å². The number of benzene rings is 1. The fourth-order valence-electron chi connectivity index (χ4n) is 4.85. The van der Waals surface area contributed by atoms with E-state index in [1.165, 1.54) is 7.11 Å². The summed E-state index contributed by atoms with van der Waals surface area (Å²) >= 11 is 3.67. The number of esters is 1. The molecule has 1 aliphatic rings. The van der Waals surface area contributed by atoms with Crippen molar-refractivity contribution in [1.82, 2.24) is 14.6 Å². The van der Waals surface area contributed by atoms with Gasteiger partial charge in [0, 0.05) is 17.2 Å². The smallest absolute Gasteiger partial charge is 0.306 e. The number of allylic oxidation sites excluding steroid dienone is 4. The van der Waals surface area contributed by atoms with Crippen molar-refractivity contribution in [2.75, 3.05) is 12.8 Å². The van der Waals surface area contributed by atoms with Crippen molar-refractivity contribution >= 4 is 44.6 Å². The Hall–Kier alpha value is -3.39. The summed E-state index contributed by atoms with van der Waals surface area (Å²) in [6.07, 6.45) is 11.4. The molecule has 188 valence electrons. The second-order valence-corrected chi connectivity index (χ2v) is 10.4. The third-order valence-electron chi connectivity index (χ3n) is 7.11. The Morgan fingerprint density at radius 2 is 1.97 bits per heavy atom. The van der Waals surface area contributed by atoms with Crippen LogP contribution in [0.3, 0.4) is 0 Å². The average Bonchev–Trinajstić information content (AvgIpc) is 3.31. The van der Waals surface area contributed by atoms with Crippen LogP contribution < -0.4 is 11.5 Å². The minimum atomic E-state index is -0.157. The molecule has 0 unspecified atom stereocenters. The zero-order valence-electron chi connectivity index (χ0n) is 20.7. The van der Waals surface area contributed by atoms with Crippen LogP contribution in [0.15, 0.2) is 65.8 Å². The number of nitrogen functional groups attached to an aromatic ring is 1. The van der Waals surface area contributed by atoms with Gasteiger partial charge in [0.25, 0.3) is 0 Å². The van der Waals surface area contributed by atoms with Gasteiger partial charge in [-0.15, -0.1) is 0 Å². The molecule has 0 aliphatic heterocycles. The number of rotatable bonds is 7. The van der Waals surface area contributed by atoms with Crippen LogP contribution in [0.25, 0.3) is 16.9 Å². The van der Waals surface area contributed by atoms with E-state index in [0.717, 1.165) is 52.5 Å². The van der Waals surface area contributed by atoms with E-state index in [4.69, 9.17) is 21.2 Å². The normalized spacial score (nSPS) is 20.9. The van der Waals surface area contributed by atoms with Gasteiger partial charge < -0.3 is 16.2 Å². The van der Waals surface area contributed by atoms with Crippen molar-refractivity contribution in [3.05, 3.63) is 82.6 Å². The number of aromatic nitrogens is 3. The molecule has 8 heteroatoms. The summed E-state index contributed by atoms with van der Waals surface area (Å²) in [4.78, 5) is 16.9. The molecule has 1 aromatic carbocycles. The lowest BCUT2D eigenvalue weighted by Crippen LogP contribution is -2.27. The summed E-state index contributed by atoms with van der Waals surface area (Å²) in [5, 5.41) is 4.49. The highest BCUT2D eigenvalue weighted by molar-refractivity contribution is 9.10. The molecule has 36 heavy (non-hydrogen) atoms. The van der Waals surface area contributed by atoms with Crippen LogP contribution in [0.4, 0.5) is 5.82 Å². The quantitative estimate of drug-likeness (QED) is 0.281. The maximum absolute atomic E-state index is 11.9. The molecule has 3 aromatic rings. The van der Waals surface area contributed by atoms with Crippen LogP contribution in [-0.4, -0.2) is 27.7 Å². The highest BCUT2D eigenvalue weighted by atomic mass is 79.9. The average molecular weight is 551 g/mol. The highest BCUT2D eigenvalue weighted by Gasteiger charge is 2.35. The molecule has 1 saturated carbocycles. The molecule has 0 radical (unpaired) electrons. The molecule has 0 saturated heterocycles. The Labute approximate surface area is 220 Å². The summed E-state index contributed by atoms with van der Waals surface area (Å²) in [7, 11) is 1.44. The fourth-order valence-corrected chi connectivity index (χ4v) is 5.43. The minimum Gasteiger partial charge on any atom is -0.469 e. The molecule has 1 fully saturated rings. The molecule has 2 heterocycles. The second-order valence-electron chi connectivity index (χ2n) is 9.64. The number of nitrogens with zero attached hydrogens (tertiary/aromatic N) is 3. The number of methoxy groups -OCH3 is 1. The first-order chi connectivity index (χ1) is 17.3. The van der Waals surface area contributed by atoms with Crippen LogP contribution in [0.1, 0.15) is 61.8 Å². The summed E-state index contributed by atoms with van der Waals surface area (Å²) in [6, 6.07) is 9.80. The van der Waals surface area contributed by atoms with Gasteiger partial charge in [-0.3, -0.25) is 4.79 Å². The lowest BCUT2D eigenvalue weighted by atomic mass is 9.69. The third-order valence-corrected chi connectivity index (χ3v) is 7.92. The number of halogens is 1. The third kappa shape index (κ3) is 5.23. The van der Waals surface area contributed by atoms with Crippen molar-refractivity contribution in [2.45, 2.75) is 44.9 Å². The molecule has 7 nitrogen and oxygen atoms in total. The lowest BCUT2D eigenvalue weighted by molar-refractivity contribution is -0.143. The zero-order valence-corrected chi connectivity index (χ0v) is 22.3. The molecule has 0 spiro atoms. The predicted molar refractivity (Wildman–Crippen MR) is 148 cm³/mol. The van der Waals surface area contributed by atoms with Crippen molar-refractivity contribution in [1.29, 1.82) is 0 Å². The van der Waals surface area contributed by atoms with Crippen LogP contribution in [0.2, 0.25) is 0 Å². The summed E-state index contributed by atoms with van der Waals surface area (Å²) in [6.45, 7) is 6.15. The molecule has 4 rings (SSSR count). The number of carbonyl (C=O) groups excluding carboxylic acids is 1. The Morgan fingerprint density at radius 3 is 2.61 bits per heavy atom. The van der Waals surface area contributed by atoms with Gasteiger partial charge in [0.15, 0.2) is 5.65 Å². The maximum atomic E-state index is 11.9. The molecular formula is C28H32BrN5O2. The number of hydrogen-bond donors (Lipinski definition) is 2. The van der Waals surface area contributed by atoms with E-state index in [1.807, 2.05) is 42.5 Å². The van der Waals surface area contributed by atoms with Gasteiger partial charge in [0.1, 0.15) is 5.82 Å². The SMILES string of the molecule is C=C/C(=C\C=C(/N)c1ccccc1)c1cnn2c(N)c(Br)c(C3CCC(C)(CC(=O)OC)CC3)nc12. The van der Waals surface area contributed by atoms with Crippen LogP contribution >= 0.6 is 15.9 Å². The number of nitrogens with two attached hydrogens (primary N) is 2. The molecule has 0 atom stereocenters. The molecule has 4 N–H and O–H groups in total. The van der Waals surface area contributed by atoms with Gasteiger partial charge in [-0.25, -0.2) is 4.98 Å². The van der Waals surface area contributed by atoms with E-state index >= 15 is 0 Å². The first-order valence-corrected chi connectivity index (χ1v) is 12.8. The van der Waals surface area contributed by atoms with Gasteiger partial charge in [0.05, 0.1) is 29.9 Å². The Kier molecular flexibility index (Phi) is 7.64. The van der Waals surface area contributed by atoms with Crippen molar-refractivity contribution < 1.29 is 9.53 Å². The van der Waals surface area contributed by atoms with Gasteiger partial charge >= 0.3 is 5.97 Å². The monoisotopic (exact) mass is 549 g/mol. The number of carbonyl (C=O) groups is 1. The Bertz CT molecular complexity index is 1330. The number of fused-ring (bicyclic) bond motifs is 1. The van der Waals surface area contributed by atoms with E-state index < -0.39 is 0 Å². The van der Waals surface area contributed by atoms with E-state index in [0.29, 0.717) is 23.6 Å². The first-order valence-electron chi connectivity index (χ1n) is 12.0. The van der Waals surface area contributed by atoms with E-state index in [-0.39, 0.29) is 17.3 Å². The zero-order chi connectivity index (χ0) is 25.9. The lowest BCUT2D eigenvalue weighted by Gasteiger charge is -2.36. The number of anilines is 1. The summed E-state index contributed by atoms with van der Waals surface area (Å²) in [5.74, 6) is 0.576. The summed E-state index contributed by atoms with van der Waals surface area (Å²) in [5.41, 5.74) is 17.6. The number of hydrogen-bond acceptors (Lipinski definition) is 6. The summed E-state index contributed by atoms with van der Waals surface area (Å²) < 4.78 is 7.31. The van der Waals surface area contributed by atoms with E-state index in [9.17, 15) is 4.79 Å². The fraction of sp³-hybridized carbons (Fsp3) is 0.321. The largest absolute Gasteiger partial charge is 0.469 e. The molecule has 0 amide bonds. The van der Waals surface area contributed by atoms with Gasteiger partial charge in [-0.1, -0.05) is 56.0 Å². The molecule has 0 bridgehead atoms. The number of ether oxygens (including phenoxy) is 1. The van der Waals surface area contributed by atoms with Crippen molar-refractivity contribution in [2.24, 2.45) is 11.1 Å². The first kappa shape index (κ1) is 25.7. The Balaban J connectivity index is 1.66. The van der Waals surface area contributed by atoms with E-state index in [2.05, 4.69) is 34.5 Å². The van der Waals surface area contributed by atoms with Crippen LogP contribution in [-0.2, 0) is 9.53 Å². The topological polar surface area (TPSA) is 109 Å². The molecular weight excluding hydrogens is 518 g/mol. The minimum absolute atomic E-state index is 0.0583.